The summed E-state index contributed by atoms with van der Waals surface area (Å²) in [7, 11) is 0. The van der Waals surface area contributed by atoms with Crippen LogP contribution in [-0.4, -0.2) is 12.6 Å². The van der Waals surface area contributed by atoms with Crippen molar-refractivity contribution in [3.8, 4) is 0 Å². The van der Waals surface area contributed by atoms with E-state index in [1.165, 1.54) is 19.3 Å². The summed E-state index contributed by atoms with van der Waals surface area (Å²) in [6.45, 7) is 4.41. The van der Waals surface area contributed by atoms with Crippen molar-refractivity contribution < 1.29 is 9.53 Å². The average molecular weight is 275 g/mol. The second kappa shape index (κ2) is 10.0. The van der Waals surface area contributed by atoms with Crippen molar-refractivity contribution in [3.63, 3.8) is 0 Å². The smallest absolute Gasteiger partial charge is 0.311 e. The van der Waals surface area contributed by atoms with Gasteiger partial charge in [-0.1, -0.05) is 19.8 Å². The van der Waals surface area contributed by atoms with Gasteiger partial charge in [0.15, 0.2) is 0 Å². The lowest BCUT2D eigenvalue weighted by atomic mass is 10.2. The van der Waals surface area contributed by atoms with Crippen LogP contribution >= 0.6 is 15.9 Å². The van der Waals surface area contributed by atoms with E-state index in [0.717, 1.165) is 10.9 Å². The monoisotopic (exact) mass is 274 g/mol. The standard InChI is InChI=1S/C12H19BrO2/c1-3-5-6-7-8-9-11(13)10-12(14)15-4-2/h8H,3-7,10H2,1-2H3. The number of carbonyl (C=O) groups excluding carboxylic acids is 1. The van der Waals surface area contributed by atoms with Gasteiger partial charge in [-0.3, -0.25) is 4.79 Å². The first-order chi connectivity index (χ1) is 7.20. The first-order valence-electron chi connectivity index (χ1n) is 5.45. The lowest BCUT2D eigenvalue weighted by Crippen LogP contribution is -2.02. The zero-order chi connectivity index (χ0) is 11.5. The number of carbonyl (C=O) groups is 1. The Bertz CT molecular complexity index is 240. The Kier molecular flexibility index (Phi) is 9.65. The van der Waals surface area contributed by atoms with Crippen LogP contribution in [-0.2, 0) is 9.53 Å². The van der Waals surface area contributed by atoms with Gasteiger partial charge in [-0.2, -0.15) is 0 Å². The molecule has 0 aromatic rings. The molecular weight excluding hydrogens is 256 g/mol. The molecule has 0 amide bonds. The molecule has 0 heterocycles. The normalized spacial score (nSPS) is 9.27. The summed E-state index contributed by atoms with van der Waals surface area (Å²) in [6, 6.07) is 0. The van der Waals surface area contributed by atoms with E-state index in [4.69, 9.17) is 4.74 Å². The first-order valence-corrected chi connectivity index (χ1v) is 6.25. The van der Waals surface area contributed by atoms with Crippen LogP contribution in [0.15, 0.2) is 16.3 Å². The van der Waals surface area contributed by atoms with Gasteiger partial charge in [-0.25, -0.2) is 0 Å². The van der Waals surface area contributed by atoms with Gasteiger partial charge in [0.25, 0.3) is 0 Å². The van der Waals surface area contributed by atoms with E-state index in [1.54, 1.807) is 6.92 Å². The summed E-state index contributed by atoms with van der Waals surface area (Å²) in [4.78, 5) is 11.1. The van der Waals surface area contributed by atoms with E-state index in [2.05, 4.69) is 28.6 Å². The summed E-state index contributed by atoms with van der Waals surface area (Å²) >= 11 is 3.29. The molecule has 0 aliphatic carbocycles. The summed E-state index contributed by atoms with van der Waals surface area (Å²) < 4.78 is 5.58. The molecule has 0 aliphatic heterocycles. The highest BCUT2D eigenvalue weighted by atomic mass is 79.9. The van der Waals surface area contributed by atoms with Gasteiger partial charge >= 0.3 is 5.97 Å². The molecule has 0 saturated carbocycles. The van der Waals surface area contributed by atoms with Crippen molar-refractivity contribution in [1.29, 1.82) is 0 Å². The number of esters is 1. The zero-order valence-corrected chi connectivity index (χ0v) is 11.1. The van der Waals surface area contributed by atoms with Crippen molar-refractivity contribution >= 4 is 21.9 Å². The van der Waals surface area contributed by atoms with Crippen LogP contribution in [0, 0.1) is 0 Å². The largest absolute Gasteiger partial charge is 0.466 e. The van der Waals surface area contributed by atoms with Crippen molar-refractivity contribution in [2.75, 3.05) is 6.61 Å². The minimum Gasteiger partial charge on any atom is -0.466 e. The van der Waals surface area contributed by atoms with Gasteiger partial charge in [0, 0.05) is 4.48 Å². The molecule has 2 nitrogen and oxygen atoms in total. The van der Waals surface area contributed by atoms with Gasteiger partial charge < -0.3 is 4.74 Å². The predicted octanol–water partition coefficient (Wildman–Crippen LogP) is 3.95. The molecule has 0 aromatic heterocycles. The third-order valence-corrected chi connectivity index (χ3v) is 2.32. The fourth-order valence-corrected chi connectivity index (χ4v) is 1.46. The lowest BCUT2D eigenvalue weighted by molar-refractivity contribution is -0.142. The number of rotatable bonds is 7. The van der Waals surface area contributed by atoms with Gasteiger partial charge in [0.1, 0.15) is 0 Å². The summed E-state index contributed by atoms with van der Waals surface area (Å²) in [6.07, 6.45) is 6.92. The first kappa shape index (κ1) is 14.5. The van der Waals surface area contributed by atoms with Crippen LogP contribution in [0.25, 0.3) is 0 Å². The highest BCUT2D eigenvalue weighted by molar-refractivity contribution is 9.11. The molecule has 0 atom stereocenters. The molecule has 0 spiro atoms. The maximum atomic E-state index is 11.1. The highest BCUT2D eigenvalue weighted by Crippen LogP contribution is 2.10. The SMILES string of the molecule is CCCCCC=C=C(Br)CC(=O)OCC. The van der Waals surface area contributed by atoms with Crippen LogP contribution in [0.2, 0.25) is 0 Å². The maximum Gasteiger partial charge on any atom is 0.311 e. The Hall–Kier alpha value is -0.530. The van der Waals surface area contributed by atoms with Gasteiger partial charge in [-0.05, 0) is 41.8 Å². The predicted molar refractivity (Wildman–Crippen MR) is 65.9 cm³/mol. The Balaban J connectivity index is 3.80. The Morgan fingerprint density at radius 3 is 2.73 bits per heavy atom. The number of ether oxygens (including phenoxy) is 1. The van der Waals surface area contributed by atoms with E-state index in [-0.39, 0.29) is 12.4 Å². The molecule has 3 heteroatoms. The van der Waals surface area contributed by atoms with Crippen molar-refractivity contribution in [2.24, 2.45) is 0 Å². The molecule has 0 N–H and O–H groups in total. The maximum absolute atomic E-state index is 11.1. The topological polar surface area (TPSA) is 26.3 Å². The number of halogens is 1. The quantitative estimate of drug-likeness (QED) is 0.399. The highest BCUT2D eigenvalue weighted by Gasteiger charge is 2.02. The molecule has 0 aromatic carbocycles. The Morgan fingerprint density at radius 2 is 2.13 bits per heavy atom. The Morgan fingerprint density at radius 1 is 1.40 bits per heavy atom. The molecule has 0 rings (SSSR count). The molecule has 0 saturated heterocycles. The lowest BCUT2D eigenvalue weighted by Gasteiger charge is -1.98. The number of hydrogen-bond donors (Lipinski definition) is 0. The van der Waals surface area contributed by atoms with Crippen LogP contribution in [0.3, 0.4) is 0 Å². The van der Waals surface area contributed by atoms with Gasteiger partial charge in [0.05, 0.1) is 13.0 Å². The zero-order valence-electron chi connectivity index (χ0n) is 9.51. The van der Waals surface area contributed by atoms with E-state index >= 15 is 0 Å². The molecule has 15 heavy (non-hydrogen) atoms. The van der Waals surface area contributed by atoms with Crippen LogP contribution in [0.5, 0.6) is 0 Å². The molecular formula is C12H19BrO2. The summed E-state index contributed by atoms with van der Waals surface area (Å²) in [5.74, 6) is -0.209. The average Bonchev–Trinajstić information content (AvgIpc) is 2.17. The van der Waals surface area contributed by atoms with Crippen LogP contribution < -0.4 is 0 Å². The molecule has 0 fully saturated rings. The second-order valence-electron chi connectivity index (χ2n) is 3.23. The third-order valence-electron chi connectivity index (χ3n) is 1.82. The minimum atomic E-state index is -0.209. The summed E-state index contributed by atoms with van der Waals surface area (Å²) in [5, 5.41) is 0. The van der Waals surface area contributed by atoms with Gasteiger partial charge in [-0.15, -0.1) is 5.73 Å². The van der Waals surface area contributed by atoms with E-state index in [0.29, 0.717) is 6.61 Å². The molecule has 0 unspecified atom stereocenters. The fraction of sp³-hybridized carbons (Fsp3) is 0.667. The molecule has 0 aliphatic rings. The van der Waals surface area contributed by atoms with Crippen LogP contribution in [0.1, 0.15) is 46.0 Å². The van der Waals surface area contributed by atoms with Crippen LogP contribution in [0.4, 0.5) is 0 Å². The number of unbranched alkanes of at least 4 members (excludes halogenated alkanes) is 3. The van der Waals surface area contributed by atoms with E-state index in [9.17, 15) is 4.79 Å². The van der Waals surface area contributed by atoms with Crippen molar-refractivity contribution in [1.82, 2.24) is 0 Å². The summed E-state index contributed by atoms with van der Waals surface area (Å²) in [5.41, 5.74) is 3.04. The van der Waals surface area contributed by atoms with Gasteiger partial charge in [0.2, 0.25) is 0 Å². The van der Waals surface area contributed by atoms with E-state index < -0.39 is 0 Å². The number of hydrogen-bond acceptors (Lipinski definition) is 2. The molecule has 0 radical (unpaired) electrons. The van der Waals surface area contributed by atoms with Crippen molar-refractivity contribution in [3.05, 3.63) is 16.3 Å². The Labute approximate surface area is 101 Å². The second-order valence-corrected chi connectivity index (χ2v) is 4.19. The molecule has 86 valence electrons. The molecule has 0 bridgehead atoms. The van der Waals surface area contributed by atoms with E-state index in [1.807, 2.05) is 6.08 Å². The fourth-order valence-electron chi connectivity index (χ4n) is 1.07. The van der Waals surface area contributed by atoms with Crippen molar-refractivity contribution in [2.45, 2.75) is 46.0 Å². The minimum absolute atomic E-state index is 0.209. The third kappa shape index (κ3) is 9.77.